The highest BCUT2D eigenvalue weighted by molar-refractivity contribution is 5.96. The molecule has 0 amide bonds. The minimum absolute atomic E-state index is 0.0155. The molecule has 0 unspecified atom stereocenters. The number of nitrogens with one attached hydrogen (secondary N) is 1. The van der Waals surface area contributed by atoms with Crippen LogP contribution in [0.15, 0.2) is 22.4 Å². The summed E-state index contributed by atoms with van der Waals surface area (Å²) in [7, 11) is 1.66. The number of nitriles is 1. The highest BCUT2D eigenvalue weighted by atomic mass is 15.3. The molecule has 1 fully saturated rings. The summed E-state index contributed by atoms with van der Waals surface area (Å²) in [5, 5.41) is 16.5. The predicted molar refractivity (Wildman–Crippen MR) is 80.0 cm³/mol. The number of anilines is 1. The number of aromatic nitrogens is 2. The fraction of sp³-hybridized carbons (Fsp3) is 0.571. The summed E-state index contributed by atoms with van der Waals surface area (Å²) in [4.78, 5) is 7.74. The van der Waals surface area contributed by atoms with Crippen molar-refractivity contribution in [1.29, 1.82) is 5.26 Å². The summed E-state index contributed by atoms with van der Waals surface area (Å²) in [5.74, 6) is 0.669. The quantitative estimate of drug-likeness (QED) is 0.663. The number of aliphatic imine (C=N–C) groups is 2. The monoisotopic (exact) mass is 272 g/mol. The van der Waals surface area contributed by atoms with Crippen LogP contribution in [0.1, 0.15) is 32.6 Å². The summed E-state index contributed by atoms with van der Waals surface area (Å²) in [6.07, 6.45) is 7.54. The minimum Gasteiger partial charge on any atom is -0.322 e. The molecule has 0 bridgehead atoms. The second-order valence-corrected chi connectivity index (χ2v) is 5.40. The minimum atomic E-state index is -0.0155. The summed E-state index contributed by atoms with van der Waals surface area (Å²) in [6.45, 7) is 5.65. The molecule has 1 aromatic heterocycles. The van der Waals surface area contributed by atoms with Crippen LogP contribution in [0.3, 0.4) is 0 Å². The lowest BCUT2D eigenvalue weighted by Crippen LogP contribution is -2.35. The molecule has 6 heteroatoms. The third-order valence-corrected chi connectivity index (χ3v) is 4.00. The molecule has 0 saturated heterocycles. The second kappa shape index (κ2) is 5.87. The molecule has 106 valence electrons. The van der Waals surface area contributed by atoms with Gasteiger partial charge in [0, 0.05) is 19.2 Å². The molecule has 0 spiro atoms. The molecule has 1 N–H and O–H groups in total. The van der Waals surface area contributed by atoms with Gasteiger partial charge in [0.15, 0.2) is 0 Å². The van der Waals surface area contributed by atoms with Gasteiger partial charge in [-0.2, -0.15) is 10.4 Å². The standard InChI is InChI=1S/C14H20N6/c1-14(6-4-11(8-15)5-7-14)20-10-12(9-18-20)19-13(16-2)17-3/h9-11H,2,4-7H2,1,3H3,(H,17,19). The fourth-order valence-corrected chi connectivity index (χ4v) is 2.58. The van der Waals surface area contributed by atoms with Crippen molar-refractivity contribution in [2.45, 2.75) is 38.1 Å². The van der Waals surface area contributed by atoms with E-state index in [-0.39, 0.29) is 11.5 Å². The smallest absolute Gasteiger partial charge is 0.221 e. The maximum atomic E-state index is 8.98. The van der Waals surface area contributed by atoms with Gasteiger partial charge in [0.05, 0.1) is 23.5 Å². The zero-order valence-corrected chi connectivity index (χ0v) is 12.0. The molecule has 0 atom stereocenters. The van der Waals surface area contributed by atoms with E-state index < -0.39 is 0 Å². The van der Waals surface area contributed by atoms with Crippen molar-refractivity contribution in [3.05, 3.63) is 12.4 Å². The van der Waals surface area contributed by atoms with Gasteiger partial charge in [-0.25, -0.2) is 4.99 Å². The van der Waals surface area contributed by atoms with E-state index in [4.69, 9.17) is 5.26 Å². The summed E-state index contributed by atoms with van der Waals surface area (Å²) in [5.41, 5.74) is 0.833. The molecule has 1 heterocycles. The van der Waals surface area contributed by atoms with Crippen molar-refractivity contribution in [3.8, 4) is 6.07 Å². The van der Waals surface area contributed by atoms with Gasteiger partial charge in [-0.3, -0.25) is 9.67 Å². The summed E-state index contributed by atoms with van der Waals surface area (Å²) in [6, 6.07) is 2.36. The molecule has 1 aliphatic carbocycles. The normalized spacial score (nSPS) is 26.9. The van der Waals surface area contributed by atoms with E-state index in [9.17, 15) is 0 Å². The second-order valence-electron chi connectivity index (χ2n) is 5.40. The van der Waals surface area contributed by atoms with Gasteiger partial charge in [0.1, 0.15) is 0 Å². The molecule has 6 nitrogen and oxygen atoms in total. The van der Waals surface area contributed by atoms with E-state index in [0.29, 0.717) is 5.96 Å². The largest absolute Gasteiger partial charge is 0.322 e. The van der Waals surface area contributed by atoms with Crippen molar-refractivity contribution < 1.29 is 0 Å². The highest BCUT2D eigenvalue weighted by Crippen LogP contribution is 2.37. The molecular weight excluding hydrogens is 252 g/mol. The number of hydrogen-bond donors (Lipinski definition) is 1. The van der Waals surface area contributed by atoms with E-state index in [2.05, 4.69) is 40.1 Å². The van der Waals surface area contributed by atoms with Gasteiger partial charge in [-0.1, -0.05) is 0 Å². The van der Waals surface area contributed by atoms with Crippen LogP contribution < -0.4 is 5.32 Å². The van der Waals surface area contributed by atoms with Crippen LogP contribution in [-0.2, 0) is 5.54 Å². The van der Waals surface area contributed by atoms with E-state index in [1.165, 1.54) is 0 Å². The van der Waals surface area contributed by atoms with Gasteiger partial charge in [0.2, 0.25) is 5.96 Å². The lowest BCUT2D eigenvalue weighted by atomic mass is 9.78. The first-order valence-corrected chi connectivity index (χ1v) is 6.76. The molecule has 0 radical (unpaired) electrons. The van der Waals surface area contributed by atoms with Crippen molar-refractivity contribution in [2.75, 3.05) is 12.4 Å². The van der Waals surface area contributed by atoms with Crippen LogP contribution in [0.5, 0.6) is 0 Å². The Balaban J connectivity index is 2.09. The van der Waals surface area contributed by atoms with Crippen LogP contribution >= 0.6 is 0 Å². The Hall–Kier alpha value is -2.16. The fourth-order valence-electron chi connectivity index (χ4n) is 2.58. The van der Waals surface area contributed by atoms with Crippen molar-refractivity contribution in [2.24, 2.45) is 15.9 Å². The van der Waals surface area contributed by atoms with E-state index in [1.807, 2.05) is 10.9 Å². The van der Waals surface area contributed by atoms with Crippen LogP contribution in [0.2, 0.25) is 0 Å². The number of rotatable bonds is 2. The Morgan fingerprint density at radius 2 is 2.30 bits per heavy atom. The Bertz CT molecular complexity index is 542. The molecule has 1 saturated carbocycles. The van der Waals surface area contributed by atoms with Crippen molar-refractivity contribution in [3.63, 3.8) is 0 Å². The highest BCUT2D eigenvalue weighted by Gasteiger charge is 2.33. The molecule has 0 aliphatic heterocycles. The van der Waals surface area contributed by atoms with Crippen LogP contribution in [0, 0.1) is 17.2 Å². The van der Waals surface area contributed by atoms with Gasteiger partial charge >= 0.3 is 0 Å². The molecule has 1 aliphatic rings. The van der Waals surface area contributed by atoms with Crippen molar-refractivity contribution >= 4 is 18.4 Å². The maximum Gasteiger partial charge on any atom is 0.221 e. The molecule has 2 rings (SSSR count). The topological polar surface area (TPSA) is 78.4 Å². The molecule has 1 aromatic rings. The van der Waals surface area contributed by atoms with Crippen LogP contribution in [0.4, 0.5) is 5.69 Å². The van der Waals surface area contributed by atoms with Crippen LogP contribution in [0.25, 0.3) is 0 Å². The predicted octanol–water partition coefficient (Wildman–Crippen LogP) is 2.41. The van der Waals surface area contributed by atoms with Gasteiger partial charge in [-0.15, -0.1) is 0 Å². The van der Waals surface area contributed by atoms with E-state index in [1.54, 1.807) is 13.2 Å². The lowest BCUT2D eigenvalue weighted by molar-refractivity contribution is 0.177. The Kier molecular flexibility index (Phi) is 4.18. The SMILES string of the molecule is C=NC(=NC)Nc1cnn(C2(C)CCC(C#N)CC2)c1. The Morgan fingerprint density at radius 3 is 2.85 bits per heavy atom. The number of hydrogen-bond acceptors (Lipinski definition) is 3. The summed E-state index contributed by atoms with van der Waals surface area (Å²) < 4.78 is 1.99. The first-order chi connectivity index (χ1) is 9.61. The molecular formula is C14H20N6. The maximum absolute atomic E-state index is 8.98. The van der Waals surface area contributed by atoms with E-state index in [0.717, 1.165) is 31.4 Å². The third-order valence-electron chi connectivity index (χ3n) is 4.00. The zero-order valence-electron chi connectivity index (χ0n) is 12.0. The van der Waals surface area contributed by atoms with Gasteiger partial charge < -0.3 is 5.32 Å². The molecule has 0 aromatic carbocycles. The first-order valence-electron chi connectivity index (χ1n) is 6.76. The Morgan fingerprint density at radius 1 is 1.60 bits per heavy atom. The average molecular weight is 272 g/mol. The van der Waals surface area contributed by atoms with Crippen molar-refractivity contribution in [1.82, 2.24) is 9.78 Å². The number of guanidine groups is 1. The zero-order chi connectivity index (χ0) is 14.6. The summed E-state index contributed by atoms with van der Waals surface area (Å²) >= 11 is 0. The lowest BCUT2D eigenvalue weighted by Gasteiger charge is -2.35. The van der Waals surface area contributed by atoms with Gasteiger partial charge in [-0.05, 0) is 39.3 Å². The van der Waals surface area contributed by atoms with E-state index >= 15 is 0 Å². The van der Waals surface area contributed by atoms with Crippen LogP contribution in [-0.4, -0.2) is 29.5 Å². The third kappa shape index (κ3) is 2.87. The first kappa shape index (κ1) is 14.3. The Labute approximate surface area is 119 Å². The average Bonchev–Trinajstić information content (AvgIpc) is 2.95. The molecule has 20 heavy (non-hydrogen) atoms. The number of nitrogens with zero attached hydrogens (tertiary/aromatic N) is 5. The van der Waals surface area contributed by atoms with Gasteiger partial charge in [0.25, 0.3) is 0 Å².